The average molecular weight is 385 g/mol. The first-order chi connectivity index (χ1) is 14.1. The number of nitrogens with zero attached hydrogens (tertiary/aromatic N) is 2. The lowest BCUT2D eigenvalue weighted by atomic mass is 9.95. The van der Waals surface area contributed by atoms with Crippen molar-refractivity contribution >= 4 is 5.91 Å². The smallest absolute Gasteiger partial charge is 0.253 e. The fourth-order valence-electron chi connectivity index (χ4n) is 4.06. The van der Waals surface area contributed by atoms with Crippen LogP contribution in [0, 0.1) is 13.8 Å². The third kappa shape index (κ3) is 4.41. The van der Waals surface area contributed by atoms with Gasteiger partial charge in [-0.15, -0.1) is 0 Å². The summed E-state index contributed by atoms with van der Waals surface area (Å²) >= 11 is 0. The van der Waals surface area contributed by atoms with E-state index in [1.807, 2.05) is 36.1 Å². The molecule has 0 radical (unpaired) electrons. The Kier molecular flexibility index (Phi) is 5.77. The van der Waals surface area contributed by atoms with Crippen LogP contribution in [0.3, 0.4) is 0 Å². The highest BCUT2D eigenvalue weighted by molar-refractivity contribution is 5.94. The number of hydrogen-bond donors (Lipinski definition) is 0. The summed E-state index contributed by atoms with van der Waals surface area (Å²) in [5, 5.41) is 0. The number of carbonyl (C=O) groups excluding carboxylic acids is 1. The molecule has 0 N–H and O–H groups in total. The van der Waals surface area contributed by atoms with Crippen molar-refractivity contribution in [2.45, 2.75) is 19.9 Å². The number of rotatable bonds is 4. The Bertz CT molecular complexity index is 940. The summed E-state index contributed by atoms with van der Waals surface area (Å²) in [4.78, 5) is 17.4. The minimum Gasteiger partial charge on any atom is -0.336 e. The molecule has 3 aromatic rings. The van der Waals surface area contributed by atoms with E-state index >= 15 is 0 Å². The fourth-order valence-corrected chi connectivity index (χ4v) is 4.06. The van der Waals surface area contributed by atoms with Crippen molar-refractivity contribution < 1.29 is 4.79 Å². The van der Waals surface area contributed by atoms with Gasteiger partial charge in [-0.25, -0.2) is 0 Å². The maximum absolute atomic E-state index is 12.9. The van der Waals surface area contributed by atoms with Crippen LogP contribution in [0.25, 0.3) is 0 Å². The molecule has 0 aliphatic carbocycles. The fraction of sp³-hybridized carbons (Fsp3) is 0.269. The van der Waals surface area contributed by atoms with E-state index in [4.69, 9.17) is 0 Å². The van der Waals surface area contributed by atoms with Crippen molar-refractivity contribution in [1.29, 1.82) is 0 Å². The molecule has 0 spiro atoms. The second-order valence-electron chi connectivity index (χ2n) is 7.92. The molecule has 3 nitrogen and oxygen atoms in total. The molecule has 1 atom stereocenters. The lowest BCUT2D eigenvalue weighted by Crippen LogP contribution is -2.49. The molecule has 1 unspecified atom stereocenters. The third-order valence-electron chi connectivity index (χ3n) is 5.77. The van der Waals surface area contributed by atoms with E-state index < -0.39 is 0 Å². The monoisotopic (exact) mass is 384 g/mol. The summed E-state index contributed by atoms with van der Waals surface area (Å²) in [6.07, 6.45) is 0. The molecule has 0 aromatic heterocycles. The standard InChI is InChI=1S/C26H28N2O/c1-20-8-12-23(13-9-20)25(22-6-4-3-5-7-22)27-16-18-28(19-17-27)26(29)24-14-10-21(2)11-15-24/h3-15,25H,16-19H2,1-2H3. The molecule has 1 heterocycles. The molecule has 1 amide bonds. The first-order valence-corrected chi connectivity index (χ1v) is 10.3. The van der Waals surface area contributed by atoms with E-state index in [1.54, 1.807) is 0 Å². The van der Waals surface area contributed by atoms with E-state index in [1.165, 1.54) is 22.3 Å². The van der Waals surface area contributed by atoms with Gasteiger partial charge in [-0.3, -0.25) is 9.69 Å². The van der Waals surface area contributed by atoms with Gasteiger partial charge < -0.3 is 4.90 Å². The van der Waals surface area contributed by atoms with Gasteiger partial charge in [0, 0.05) is 31.7 Å². The van der Waals surface area contributed by atoms with Gasteiger partial charge in [0.25, 0.3) is 5.91 Å². The summed E-state index contributed by atoms with van der Waals surface area (Å²) in [6, 6.07) is 27.6. The molecule has 4 rings (SSSR count). The van der Waals surface area contributed by atoms with Gasteiger partial charge in [0.2, 0.25) is 0 Å². The number of carbonyl (C=O) groups is 1. The highest BCUT2D eigenvalue weighted by Crippen LogP contribution is 2.30. The minimum absolute atomic E-state index is 0.135. The lowest BCUT2D eigenvalue weighted by molar-refractivity contribution is 0.0597. The van der Waals surface area contributed by atoms with E-state index in [2.05, 4.69) is 66.4 Å². The molecule has 148 valence electrons. The Balaban J connectivity index is 1.51. The molecule has 0 saturated carbocycles. The molecule has 1 fully saturated rings. The van der Waals surface area contributed by atoms with Gasteiger partial charge in [-0.05, 0) is 37.1 Å². The summed E-state index contributed by atoms with van der Waals surface area (Å²) in [6.45, 7) is 7.40. The second kappa shape index (κ2) is 8.62. The first kappa shape index (κ1) is 19.4. The van der Waals surface area contributed by atoms with Gasteiger partial charge in [0.1, 0.15) is 0 Å². The third-order valence-corrected chi connectivity index (χ3v) is 5.77. The quantitative estimate of drug-likeness (QED) is 0.642. The average Bonchev–Trinajstić information content (AvgIpc) is 2.77. The van der Waals surface area contributed by atoms with Gasteiger partial charge in [-0.1, -0.05) is 77.9 Å². The zero-order chi connectivity index (χ0) is 20.2. The Morgan fingerprint density at radius 3 is 1.79 bits per heavy atom. The Labute approximate surface area is 173 Å². The van der Waals surface area contributed by atoms with Crippen LogP contribution in [-0.2, 0) is 0 Å². The molecule has 1 aliphatic heterocycles. The van der Waals surface area contributed by atoms with Crippen molar-refractivity contribution in [3.05, 3.63) is 107 Å². The predicted molar refractivity (Wildman–Crippen MR) is 118 cm³/mol. The van der Waals surface area contributed by atoms with Crippen molar-refractivity contribution in [3.8, 4) is 0 Å². The molecule has 1 saturated heterocycles. The van der Waals surface area contributed by atoms with Gasteiger partial charge >= 0.3 is 0 Å². The highest BCUT2D eigenvalue weighted by atomic mass is 16.2. The molecule has 3 aromatic carbocycles. The second-order valence-corrected chi connectivity index (χ2v) is 7.92. The zero-order valence-corrected chi connectivity index (χ0v) is 17.2. The largest absolute Gasteiger partial charge is 0.336 e. The number of benzene rings is 3. The number of aryl methyl sites for hydroxylation is 2. The van der Waals surface area contributed by atoms with E-state index in [0.29, 0.717) is 0 Å². The van der Waals surface area contributed by atoms with Crippen molar-refractivity contribution in [3.63, 3.8) is 0 Å². The molecule has 29 heavy (non-hydrogen) atoms. The maximum atomic E-state index is 12.9. The summed E-state index contributed by atoms with van der Waals surface area (Å²) in [7, 11) is 0. The normalized spacial score (nSPS) is 15.9. The van der Waals surface area contributed by atoms with E-state index in [0.717, 1.165) is 31.7 Å². The predicted octanol–water partition coefficient (Wildman–Crippen LogP) is 4.85. The maximum Gasteiger partial charge on any atom is 0.253 e. The van der Waals surface area contributed by atoms with Crippen LogP contribution < -0.4 is 0 Å². The van der Waals surface area contributed by atoms with Gasteiger partial charge in [-0.2, -0.15) is 0 Å². The molecule has 3 heteroatoms. The summed E-state index contributed by atoms with van der Waals surface area (Å²) in [5.74, 6) is 0.135. The Hall–Kier alpha value is -2.91. The summed E-state index contributed by atoms with van der Waals surface area (Å²) < 4.78 is 0. The van der Waals surface area contributed by atoms with E-state index in [-0.39, 0.29) is 11.9 Å². The van der Waals surface area contributed by atoms with Crippen LogP contribution in [0.4, 0.5) is 0 Å². The Morgan fingerprint density at radius 1 is 0.690 bits per heavy atom. The van der Waals surface area contributed by atoms with E-state index in [9.17, 15) is 4.79 Å². The van der Waals surface area contributed by atoms with Crippen LogP contribution in [0.5, 0.6) is 0 Å². The SMILES string of the molecule is Cc1ccc(C(=O)N2CCN(C(c3ccccc3)c3ccc(C)cc3)CC2)cc1. The topological polar surface area (TPSA) is 23.6 Å². The first-order valence-electron chi connectivity index (χ1n) is 10.3. The van der Waals surface area contributed by atoms with Crippen LogP contribution >= 0.6 is 0 Å². The number of piperazine rings is 1. The minimum atomic E-state index is 0.135. The van der Waals surface area contributed by atoms with Crippen molar-refractivity contribution in [2.24, 2.45) is 0 Å². The molecular weight excluding hydrogens is 356 g/mol. The number of amides is 1. The van der Waals surface area contributed by atoms with Crippen molar-refractivity contribution in [1.82, 2.24) is 9.80 Å². The van der Waals surface area contributed by atoms with Crippen molar-refractivity contribution in [2.75, 3.05) is 26.2 Å². The lowest BCUT2D eigenvalue weighted by Gasteiger charge is -2.40. The molecular formula is C26H28N2O. The Morgan fingerprint density at radius 2 is 1.21 bits per heavy atom. The highest BCUT2D eigenvalue weighted by Gasteiger charge is 2.28. The van der Waals surface area contributed by atoms with Gasteiger partial charge in [0.05, 0.1) is 6.04 Å². The van der Waals surface area contributed by atoms with Crippen LogP contribution in [0.2, 0.25) is 0 Å². The van der Waals surface area contributed by atoms with Gasteiger partial charge in [0.15, 0.2) is 0 Å². The van der Waals surface area contributed by atoms with Crippen LogP contribution in [-0.4, -0.2) is 41.9 Å². The van der Waals surface area contributed by atoms with Crippen LogP contribution in [0.15, 0.2) is 78.9 Å². The molecule has 0 bridgehead atoms. The van der Waals surface area contributed by atoms with Crippen LogP contribution in [0.1, 0.15) is 38.7 Å². The zero-order valence-electron chi connectivity index (χ0n) is 17.2. The molecule has 1 aliphatic rings. The number of hydrogen-bond acceptors (Lipinski definition) is 2. The summed E-state index contributed by atoms with van der Waals surface area (Å²) in [5.41, 5.74) is 5.83.